The number of pyridine rings is 1. The minimum Gasteiger partial charge on any atom is -0.494 e. The molecule has 5 heteroatoms. The molecule has 5 nitrogen and oxygen atoms in total. The van der Waals surface area contributed by atoms with Gasteiger partial charge in [0.1, 0.15) is 17.1 Å². The van der Waals surface area contributed by atoms with Crippen molar-refractivity contribution in [3.05, 3.63) is 47.7 Å². The molecule has 0 saturated carbocycles. The molecule has 1 atom stereocenters. The molecule has 0 aliphatic rings. The summed E-state index contributed by atoms with van der Waals surface area (Å²) in [7, 11) is 3.18. The number of benzene rings is 1. The van der Waals surface area contributed by atoms with Crippen LogP contribution in [0.15, 0.2) is 36.4 Å². The van der Waals surface area contributed by atoms with Crippen LogP contribution < -0.4 is 4.74 Å². The maximum Gasteiger partial charge on any atom is 0.354 e. The van der Waals surface area contributed by atoms with Crippen LogP contribution in [0.2, 0.25) is 0 Å². The second-order valence-electron chi connectivity index (χ2n) is 4.55. The standard InChI is InChI=1S/C16H17NO4/c1-10(20-2)11-4-6-12(7-5-11)15-14(21-3)9-8-13(17-15)16(18)19/h4-10H,1-3H3,(H,18,19). The van der Waals surface area contributed by atoms with Gasteiger partial charge in [0.15, 0.2) is 0 Å². The first-order valence-electron chi connectivity index (χ1n) is 6.48. The minimum atomic E-state index is -1.07. The summed E-state index contributed by atoms with van der Waals surface area (Å²) in [5, 5.41) is 9.05. The summed E-state index contributed by atoms with van der Waals surface area (Å²) in [4.78, 5) is 15.2. The first-order chi connectivity index (χ1) is 10.1. The van der Waals surface area contributed by atoms with E-state index in [9.17, 15) is 4.79 Å². The lowest BCUT2D eigenvalue weighted by atomic mass is 10.0. The second kappa shape index (κ2) is 6.37. The van der Waals surface area contributed by atoms with Gasteiger partial charge in [-0.2, -0.15) is 0 Å². The molecule has 21 heavy (non-hydrogen) atoms. The van der Waals surface area contributed by atoms with E-state index in [0.29, 0.717) is 11.4 Å². The fourth-order valence-corrected chi connectivity index (χ4v) is 1.99. The van der Waals surface area contributed by atoms with E-state index < -0.39 is 5.97 Å². The maximum atomic E-state index is 11.0. The Labute approximate surface area is 123 Å². The summed E-state index contributed by atoms with van der Waals surface area (Å²) in [6.07, 6.45) is -0.000686. The predicted molar refractivity (Wildman–Crippen MR) is 78.6 cm³/mol. The second-order valence-corrected chi connectivity index (χ2v) is 4.55. The Hall–Kier alpha value is -2.40. The summed E-state index contributed by atoms with van der Waals surface area (Å²) >= 11 is 0. The number of rotatable bonds is 5. The average Bonchev–Trinajstić information content (AvgIpc) is 2.53. The van der Waals surface area contributed by atoms with Crippen molar-refractivity contribution in [3.8, 4) is 17.0 Å². The quantitative estimate of drug-likeness (QED) is 0.914. The van der Waals surface area contributed by atoms with Crippen LogP contribution in [0.1, 0.15) is 29.1 Å². The highest BCUT2D eigenvalue weighted by Crippen LogP contribution is 2.29. The van der Waals surface area contributed by atoms with Crippen molar-refractivity contribution in [2.24, 2.45) is 0 Å². The number of carboxylic acids is 1. The van der Waals surface area contributed by atoms with Crippen LogP contribution in [0.3, 0.4) is 0 Å². The highest BCUT2D eigenvalue weighted by atomic mass is 16.5. The zero-order valence-electron chi connectivity index (χ0n) is 12.2. The van der Waals surface area contributed by atoms with Gasteiger partial charge in [-0.3, -0.25) is 0 Å². The molecule has 1 aromatic carbocycles. The SMILES string of the molecule is COc1ccc(C(=O)O)nc1-c1ccc(C(C)OC)cc1. The number of hydrogen-bond donors (Lipinski definition) is 1. The Morgan fingerprint density at radius 1 is 1.14 bits per heavy atom. The highest BCUT2D eigenvalue weighted by Gasteiger charge is 2.13. The molecule has 1 N–H and O–H groups in total. The molecule has 0 aliphatic heterocycles. The average molecular weight is 287 g/mol. The number of carbonyl (C=O) groups is 1. The van der Waals surface area contributed by atoms with Gasteiger partial charge in [-0.15, -0.1) is 0 Å². The third kappa shape index (κ3) is 3.20. The van der Waals surface area contributed by atoms with Crippen LogP contribution >= 0.6 is 0 Å². The van der Waals surface area contributed by atoms with E-state index in [-0.39, 0.29) is 11.8 Å². The zero-order chi connectivity index (χ0) is 15.4. The molecule has 1 unspecified atom stereocenters. The molecule has 2 aromatic rings. The maximum absolute atomic E-state index is 11.0. The van der Waals surface area contributed by atoms with Gasteiger partial charge in [0, 0.05) is 12.7 Å². The van der Waals surface area contributed by atoms with Crippen molar-refractivity contribution < 1.29 is 19.4 Å². The monoisotopic (exact) mass is 287 g/mol. The van der Waals surface area contributed by atoms with Gasteiger partial charge in [-0.1, -0.05) is 24.3 Å². The number of ether oxygens (including phenoxy) is 2. The first-order valence-corrected chi connectivity index (χ1v) is 6.48. The number of hydrogen-bond acceptors (Lipinski definition) is 4. The van der Waals surface area contributed by atoms with E-state index in [1.54, 1.807) is 13.2 Å². The van der Waals surface area contributed by atoms with E-state index in [1.807, 2.05) is 31.2 Å². The van der Waals surface area contributed by atoms with Gasteiger partial charge >= 0.3 is 5.97 Å². The first kappa shape index (κ1) is 15.0. The summed E-state index contributed by atoms with van der Waals surface area (Å²) in [5.74, 6) is -0.531. The minimum absolute atomic E-state index is 0.000686. The molecule has 0 spiro atoms. The number of nitrogens with zero attached hydrogens (tertiary/aromatic N) is 1. The predicted octanol–water partition coefficient (Wildman–Crippen LogP) is 3.16. The summed E-state index contributed by atoms with van der Waals surface area (Å²) < 4.78 is 10.5. The van der Waals surface area contributed by atoms with Crippen molar-refractivity contribution in [2.75, 3.05) is 14.2 Å². The lowest BCUT2D eigenvalue weighted by molar-refractivity contribution is 0.0690. The van der Waals surface area contributed by atoms with Crippen molar-refractivity contribution >= 4 is 5.97 Å². The lowest BCUT2D eigenvalue weighted by Crippen LogP contribution is -2.02. The van der Waals surface area contributed by atoms with E-state index >= 15 is 0 Å². The molecule has 2 rings (SSSR count). The Morgan fingerprint density at radius 3 is 2.33 bits per heavy atom. The Bertz CT molecular complexity index is 637. The molecule has 0 saturated heterocycles. The number of aromatic carboxylic acids is 1. The zero-order valence-corrected chi connectivity index (χ0v) is 12.2. The number of methoxy groups -OCH3 is 2. The van der Waals surface area contributed by atoms with Crippen molar-refractivity contribution in [2.45, 2.75) is 13.0 Å². The molecule has 0 amide bonds. The summed E-state index contributed by atoms with van der Waals surface area (Å²) in [5.41, 5.74) is 2.32. The molecular weight excluding hydrogens is 270 g/mol. The fraction of sp³-hybridized carbons (Fsp3) is 0.250. The molecule has 0 fully saturated rings. The largest absolute Gasteiger partial charge is 0.494 e. The lowest BCUT2D eigenvalue weighted by Gasteiger charge is -2.12. The van der Waals surface area contributed by atoms with Gasteiger partial charge in [-0.05, 0) is 24.6 Å². The molecule has 1 aromatic heterocycles. The van der Waals surface area contributed by atoms with Crippen LogP contribution in [0.5, 0.6) is 5.75 Å². The Kier molecular flexibility index (Phi) is 4.55. The van der Waals surface area contributed by atoms with Crippen LogP contribution in [0.25, 0.3) is 11.3 Å². The van der Waals surface area contributed by atoms with Crippen LogP contribution in [-0.4, -0.2) is 30.3 Å². The van der Waals surface area contributed by atoms with Gasteiger partial charge < -0.3 is 14.6 Å². The third-order valence-corrected chi connectivity index (χ3v) is 3.30. The van der Waals surface area contributed by atoms with Crippen molar-refractivity contribution in [1.29, 1.82) is 0 Å². The Balaban J connectivity index is 2.44. The van der Waals surface area contributed by atoms with Crippen molar-refractivity contribution in [1.82, 2.24) is 4.98 Å². The fourth-order valence-electron chi connectivity index (χ4n) is 1.99. The van der Waals surface area contributed by atoms with Gasteiger partial charge in [0.2, 0.25) is 0 Å². The van der Waals surface area contributed by atoms with E-state index in [1.165, 1.54) is 13.2 Å². The van der Waals surface area contributed by atoms with Crippen LogP contribution in [0.4, 0.5) is 0 Å². The highest BCUT2D eigenvalue weighted by molar-refractivity contribution is 5.86. The number of carboxylic acid groups (broad SMARTS) is 1. The van der Waals surface area contributed by atoms with E-state index in [2.05, 4.69) is 4.98 Å². The van der Waals surface area contributed by atoms with E-state index in [0.717, 1.165) is 11.1 Å². The summed E-state index contributed by atoms with van der Waals surface area (Å²) in [6.45, 7) is 1.96. The van der Waals surface area contributed by atoms with Gasteiger partial charge in [0.25, 0.3) is 0 Å². The third-order valence-electron chi connectivity index (χ3n) is 3.30. The van der Waals surface area contributed by atoms with Crippen LogP contribution in [-0.2, 0) is 4.74 Å². The Morgan fingerprint density at radius 2 is 1.81 bits per heavy atom. The summed E-state index contributed by atoms with van der Waals surface area (Å²) in [6, 6.07) is 10.6. The molecule has 0 aliphatic carbocycles. The molecule has 0 radical (unpaired) electrons. The normalized spacial score (nSPS) is 12.0. The molecular formula is C16H17NO4. The van der Waals surface area contributed by atoms with Crippen molar-refractivity contribution in [3.63, 3.8) is 0 Å². The molecule has 110 valence electrons. The number of aromatic nitrogens is 1. The molecule has 0 bridgehead atoms. The van der Waals surface area contributed by atoms with Crippen LogP contribution in [0, 0.1) is 0 Å². The topological polar surface area (TPSA) is 68.7 Å². The molecule has 1 heterocycles. The van der Waals surface area contributed by atoms with Gasteiger partial charge in [-0.25, -0.2) is 9.78 Å². The smallest absolute Gasteiger partial charge is 0.354 e. The van der Waals surface area contributed by atoms with E-state index in [4.69, 9.17) is 14.6 Å². The van der Waals surface area contributed by atoms with Gasteiger partial charge in [0.05, 0.1) is 13.2 Å².